The Balaban J connectivity index is 1.37. The number of amides is 1. The summed E-state index contributed by atoms with van der Waals surface area (Å²) >= 11 is 0. The minimum Gasteiger partial charge on any atom is -0.379 e. The first-order valence-electron chi connectivity index (χ1n) is 13.0. The second kappa shape index (κ2) is 7.56. The molecule has 186 valence electrons. The maximum atomic E-state index is 15.5. The van der Waals surface area contributed by atoms with E-state index in [1.54, 1.807) is 6.07 Å². The van der Waals surface area contributed by atoms with E-state index in [9.17, 15) is 4.79 Å². The molecule has 0 radical (unpaired) electrons. The fraction of sp³-hybridized carbons (Fsp3) is 0.429. The van der Waals surface area contributed by atoms with E-state index in [0.29, 0.717) is 34.9 Å². The lowest BCUT2D eigenvalue weighted by molar-refractivity contribution is 0.0700. The van der Waals surface area contributed by atoms with E-state index < -0.39 is 5.82 Å². The minimum absolute atomic E-state index is 0.0257. The third kappa shape index (κ3) is 2.82. The van der Waals surface area contributed by atoms with Crippen molar-refractivity contribution in [1.82, 2.24) is 19.0 Å². The Labute approximate surface area is 209 Å². The third-order valence-electron chi connectivity index (χ3n) is 8.88. The van der Waals surface area contributed by atoms with Crippen LogP contribution in [0.2, 0.25) is 0 Å². The molecule has 4 heterocycles. The number of nitrogens with one attached hydrogen (secondary N) is 1. The van der Waals surface area contributed by atoms with Crippen molar-refractivity contribution in [1.29, 1.82) is 0 Å². The number of para-hydroxylation sites is 1. The van der Waals surface area contributed by atoms with Gasteiger partial charge in [-0.3, -0.25) is 4.79 Å². The molecular formula is C28H31FN6O. The lowest BCUT2D eigenvalue weighted by Gasteiger charge is -2.34. The fourth-order valence-corrected chi connectivity index (χ4v) is 7.12. The van der Waals surface area contributed by atoms with Crippen LogP contribution in [0.4, 0.5) is 10.1 Å². The second-order valence-corrected chi connectivity index (χ2v) is 10.8. The number of nitrogens with two attached hydrogens (primary N) is 1. The summed E-state index contributed by atoms with van der Waals surface area (Å²) in [5.74, 6) is 0.473. The third-order valence-corrected chi connectivity index (χ3v) is 8.88. The molecule has 7 nitrogen and oxygen atoms in total. The number of aromatic nitrogens is 3. The maximum Gasteiger partial charge on any atom is 0.254 e. The molecule has 1 saturated carbocycles. The highest BCUT2D eigenvalue weighted by atomic mass is 19.1. The van der Waals surface area contributed by atoms with Crippen molar-refractivity contribution in [3.05, 3.63) is 47.8 Å². The van der Waals surface area contributed by atoms with Crippen LogP contribution in [0, 0.1) is 11.7 Å². The quantitative estimate of drug-likeness (QED) is 0.441. The number of hydrogen-bond acceptors (Lipinski definition) is 4. The van der Waals surface area contributed by atoms with Crippen molar-refractivity contribution in [3.63, 3.8) is 0 Å². The van der Waals surface area contributed by atoms with E-state index in [-0.39, 0.29) is 30.1 Å². The van der Waals surface area contributed by atoms with Gasteiger partial charge in [-0.1, -0.05) is 19.1 Å². The summed E-state index contributed by atoms with van der Waals surface area (Å²) < 4.78 is 19.7. The number of aryl methyl sites for hydroxylation is 1. The number of rotatable bonds is 3. The Bertz CT molecular complexity index is 1550. The summed E-state index contributed by atoms with van der Waals surface area (Å²) in [6.45, 7) is 5.05. The van der Waals surface area contributed by atoms with E-state index in [0.717, 1.165) is 41.5 Å². The molecule has 1 amide bonds. The molecule has 1 aliphatic carbocycles. The van der Waals surface area contributed by atoms with Gasteiger partial charge in [0, 0.05) is 42.7 Å². The zero-order valence-electron chi connectivity index (χ0n) is 20.8. The number of benzene rings is 2. The Morgan fingerprint density at radius 1 is 1.22 bits per heavy atom. The van der Waals surface area contributed by atoms with Gasteiger partial charge in [0.2, 0.25) is 0 Å². The zero-order valence-corrected chi connectivity index (χ0v) is 20.8. The Morgan fingerprint density at radius 3 is 2.78 bits per heavy atom. The topological polar surface area (TPSA) is 81.1 Å². The smallest absolute Gasteiger partial charge is 0.254 e. The average molecular weight is 487 g/mol. The molecule has 1 saturated heterocycles. The first kappa shape index (κ1) is 21.9. The molecule has 3 aliphatic rings. The Kier molecular flexibility index (Phi) is 4.59. The lowest BCUT2D eigenvalue weighted by Crippen LogP contribution is -2.41. The lowest BCUT2D eigenvalue weighted by atomic mass is 10.0. The number of anilines is 1. The van der Waals surface area contributed by atoms with Gasteiger partial charge in [-0.25, -0.2) is 9.37 Å². The van der Waals surface area contributed by atoms with Crippen molar-refractivity contribution in [2.24, 2.45) is 18.7 Å². The van der Waals surface area contributed by atoms with Gasteiger partial charge >= 0.3 is 0 Å². The highest BCUT2D eigenvalue weighted by molar-refractivity contribution is 6.00. The fourth-order valence-electron chi connectivity index (χ4n) is 7.12. The molecule has 2 aliphatic heterocycles. The van der Waals surface area contributed by atoms with Crippen molar-refractivity contribution < 1.29 is 9.18 Å². The van der Waals surface area contributed by atoms with Crippen LogP contribution in [0.3, 0.4) is 0 Å². The van der Waals surface area contributed by atoms with Gasteiger partial charge in [-0.2, -0.15) is 0 Å². The van der Waals surface area contributed by atoms with Gasteiger partial charge in [0.05, 0.1) is 28.5 Å². The van der Waals surface area contributed by atoms with Gasteiger partial charge in [-0.15, -0.1) is 0 Å². The summed E-state index contributed by atoms with van der Waals surface area (Å²) in [6, 6.07) is 12.1. The summed E-state index contributed by atoms with van der Waals surface area (Å²) in [6.07, 6.45) is 2.94. The van der Waals surface area contributed by atoms with Crippen LogP contribution in [-0.4, -0.2) is 49.6 Å². The van der Waals surface area contributed by atoms with Crippen LogP contribution in [0.5, 0.6) is 0 Å². The van der Waals surface area contributed by atoms with Crippen LogP contribution >= 0.6 is 0 Å². The number of carbonyl (C=O) groups excluding carboxylic acids is 1. The largest absolute Gasteiger partial charge is 0.379 e. The van der Waals surface area contributed by atoms with E-state index in [1.165, 1.54) is 6.07 Å². The number of nitrogens with zero attached hydrogens (tertiary/aromatic N) is 4. The van der Waals surface area contributed by atoms with Gasteiger partial charge < -0.3 is 25.1 Å². The van der Waals surface area contributed by atoms with E-state index in [2.05, 4.69) is 48.0 Å². The molecular weight excluding hydrogens is 455 g/mol. The molecule has 0 unspecified atom stereocenters. The maximum absolute atomic E-state index is 15.5. The number of fused-ring (bicyclic) bond motifs is 3. The Hall–Kier alpha value is -3.39. The van der Waals surface area contributed by atoms with Crippen LogP contribution in [0.1, 0.15) is 49.5 Å². The molecule has 5 atom stereocenters. The normalized spacial score (nSPS) is 26.8. The van der Waals surface area contributed by atoms with Crippen molar-refractivity contribution in [3.8, 4) is 11.5 Å². The molecule has 2 fully saturated rings. The second-order valence-electron chi connectivity index (χ2n) is 10.8. The first-order valence-corrected chi connectivity index (χ1v) is 13.0. The number of imidazole rings is 1. The molecule has 8 heteroatoms. The summed E-state index contributed by atoms with van der Waals surface area (Å²) in [4.78, 5) is 20.1. The summed E-state index contributed by atoms with van der Waals surface area (Å²) in [7, 11) is 1.85. The molecule has 2 bridgehead atoms. The van der Waals surface area contributed by atoms with Crippen LogP contribution in [0.15, 0.2) is 36.4 Å². The van der Waals surface area contributed by atoms with Crippen LogP contribution in [0.25, 0.3) is 33.5 Å². The predicted octanol–water partition coefficient (Wildman–Crippen LogP) is 4.66. The van der Waals surface area contributed by atoms with Gasteiger partial charge in [-0.05, 0) is 56.4 Å². The summed E-state index contributed by atoms with van der Waals surface area (Å²) in [5, 5.41) is 4.77. The number of carbonyl (C=O) groups is 1. The molecule has 36 heavy (non-hydrogen) atoms. The molecule has 3 N–H and O–H groups in total. The van der Waals surface area contributed by atoms with Crippen molar-refractivity contribution in [2.75, 3.05) is 11.9 Å². The van der Waals surface area contributed by atoms with E-state index >= 15 is 4.39 Å². The van der Waals surface area contributed by atoms with E-state index in [4.69, 9.17) is 10.7 Å². The number of hydrogen-bond donors (Lipinski definition) is 2. The highest BCUT2D eigenvalue weighted by Crippen LogP contribution is 2.42. The first-order chi connectivity index (χ1) is 17.4. The van der Waals surface area contributed by atoms with Crippen LogP contribution < -0.4 is 11.1 Å². The highest BCUT2D eigenvalue weighted by Gasteiger charge is 2.47. The molecule has 2 aromatic heterocycles. The number of halogens is 1. The average Bonchev–Trinajstić information content (AvgIpc) is 3.60. The molecule has 0 spiro atoms. The SMILES string of the molecule is CC[C@H]1[C@H](C)Nc2cccc3cc(-c4nc5cc(C(=O)N6C[C@H]7CC[C@@H]6[C@@H]7N)cc(F)c5n4C)n1c23. The number of likely N-dealkylation sites (tertiary alicyclic amines) is 1. The number of piperidine rings is 1. The molecule has 7 rings (SSSR count). The zero-order chi connectivity index (χ0) is 24.9. The van der Waals surface area contributed by atoms with Gasteiger partial charge in [0.25, 0.3) is 5.91 Å². The van der Waals surface area contributed by atoms with Crippen molar-refractivity contribution in [2.45, 2.75) is 57.3 Å². The standard InChI is InChI=1S/C28H31FN6O/c1-4-21-14(2)31-19-7-5-6-15-12-23(35(21)25(15)19)27-32-20-11-17(10-18(29)26(20)33(27)3)28(36)34-13-16-8-9-22(34)24(16)30/h5-7,10-12,14,16,21-22,24,31H,4,8-9,13,30H2,1-3H3/t14-,16+,21-,22+,24+/m0/s1. The van der Waals surface area contributed by atoms with Gasteiger partial charge in [0.15, 0.2) is 5.82 Å². The predicted molar refractivity (Wildman–Crippen MR) is 140 cm³/mol. The monoisotopic (exact) mass is 486 g/mol. The van der Waals surface area contributed by atoms with Gasteiger partial charge in [0.1, 0.15) is 11.3 Å². The molecule has 4 aromatic rings. The summed E-state index contributed by atoms with van der Waals surface area (Å²) in [5.41, 5.74) is 10.8. The van der Waals surface area contributed by atoms with Crippen molar-refractivity contribution >= 4 is 33.5 Å². The molecule has 2 aromatic carbocycles. The minimum atomic E-state index is -0.428. The van der Waals surface area contributed by atoms with Crippen LogP contribution in [-0.2, 0) is 7.05 Å². The van der Waals surface area contributed by atoms with E-state index in [1.807, 2.05) is 16.5 Å². The Morgan fingerprint density at radius 2 is 2.06 bits per heavy atom.